The molecule has 1 aliphatic carbocycles. The van der Waals surface area contributed by atoms with E-state index in [0.29, 0.717) is 17.5 Å². The second-order valence-electron chi connectivity index (χ2n) is 11.4. The molecule has 0 aliphatic heterocycles. The fourth-order valence-electron chi connectivity index (χ4n) is 5.56. The first-order chi connectivity index (χ1) is 14.0. The molecular formula is C29H37B. The Bertz CT molecular complexity index is 1100. The summed E-state index contributed by atoms with van der Waals surface area (Å²) in [5.41, 5.74) is 7.98. The first kappa shape index (κ1) is 21.2. The fraction of sp³-hybridized carbons (Fsp3) is 0.448. The third-order valence-corrected chi connectivity index (χ3v) is 8.66. The summed E-state index contributed by atoms with van der Waals surface area (Å²) >= 11 is 0. The fourth-order valence-corrected chi connectivity index (χ4v) is 5.56. The molecule has 0 aromatic heterocycles. The van der Waals surface area contributed by atoms with Crippen LogP contribution in [0.2, 0.25) is 13.1 Å². The Balaban J connectivity index is 1.75. The van der Waals surface area contributed by atoms with Gasteiger partial charge < -0.3 is 0 Å². The van der Waals surface area contributed by atoms with Crippen LogP contribution < -0.4 is 5.46 Å². The van der Waals surface area contributed by atoms with E-state index in [2.05, 4.69) is 110 Å². The lowest BCUT2D eigenvalue weighted by Crippen LogP contribution is -2.39. The lowest BCUT2D eigenvalue weighted by atomic mass is 9.38. The molecule has 0 saturated heterocycles. The maximum atomic E-state index is 2.52. The van der Waals surface area contributed by atoms with Crippen LogP contribution in [0.25, 0.3) is 21.9 Å². The monoisotopic (exact) mass is 396 g/mol. The van der Waals surface area contributed by atoms with Crippen LogP contribution in [0.5, 0.6) is 0 Å². The summed E-state index contributed by atoms with van der Waals surface area (Å²) < 4.78 is 0. The zero-order chi connectivity index (χ0) is 21.9. The molecule has 0 bridgehead atoms. The maximum Gasteiger partial charge on any atom is 0.173 e. The van der Waals surface area contributed by atoms with Crippen LogP contribution in [0.3, 0.4) is 0 Å². The highest BCUT2D eigenvalue weighted by Crippen LogP contribution is 2.51. The molecule has 156 valence electrons. The molecule has 30 heavy (non-hydrogen) atoms. The van der Waals surface area contributed by atoms with Crippen LogP contribution >= 0.6 is 0 Å². The Morgan fingerprint density at radius 1 is 0.833 bits per heavy atom. The van der Waals surface area contributed by atoms with E-state index in [9.17, 15) is 0 Å². The summed E-state index contributed by atoms with van der Waals surface area (Å²) in [5.74, 6) is 0. The predicted octanol–water partition coefficient (Wildman–Crippen LogP) is 7.94. The molecule has 0 radical (unpaired) electrons. The van der Waals surface area contributed by atoms with Gasteiger partial charge in [0.15, 0.2) is 6.71 Å². The minimum atomic E-state index is 0.0272. The average molecular weight is 396 g/mol. The SMILES string of the molecule is CCC(C)(C)C(C)(C)CB(C)c1ccc2c(c1)C(C)(C)c1c-2ccc2ccccc12. The molecule has 0 fully saturated rings. The van der Waals surface area contributed by atoms with Crippen molar-refractivity contribution < 1.29 is 0 Å². The second-order valence-corrected chi connectivity index (χ2v) is 11.4. The topological polar surface area (TPSA) is 0 Å². The van der Waals surface area contributed by atoms with E-state index in [-0.39, 0.29) is 5.41 Å². The van der Waals surface area contributed by atoms with E-state index in [4.69, 9.17) is 0 Å². The van der Waals surface area contributed by atoms with Gasteiger partial charge in [0.25, 0.3) is 0 Å². The molecule has 0 spiro atoms. The van der Waals surface area contributed by atoms with Gasteiger partial charge in [0, 0.05) is 5.41 Å². The molecule has 0 nitrogen and oxygen atoms in total. The normalized spacial score (nSPS) is 15.2. The molecule has 0 unspecified atom stereocenters. The zero-order valence-corrected chi connectivity index (χ0v) is 20.2. The Morgan fingerprint density at radius 2 is 1.50 bits per heavy atom. The number of hydrogen-bond donors (Lipinski definition) is 0. The molecule has 0 atom stereocenters. The zero-order valence-electron chi connectivity index (χ0n) is 20.2. The smallest absolute Gasteiger partial charge is 0.0817 e. The molecule has 3 aromatic rings. The summed E-state index contributed by atoms with van der Waals surface area (Å²) in [6.45, 7) is 19.9. The van der Waals surface area contributed by atoms with Gasteiger partial charge in [-0.3, -0.25) is 0 Å². The van der Waals surface area contributed by atoms with Crippen LogP contribution in [0.15, 0.2) is 54.6 Å². The quantitative estimate of drug-likeness (QED) is 0.384. The summed E-state index contributed by atoms with van der Waals surface area (Å²) in [6, 6.07) is 20.8. The first-order valence-electron chi connectivity index (χ1n) is 11.7. The molecular weight excluding hydrogens is 359 g/mol. The van der Waals surface area contributed by atoms with Gasteiger partial charge in [0.2, 0.25) is 0 Å². The molecule has 4 rings (SSSR count). The number of rotatable bonds is 5. The largest absolute Gasteiger partial charge is 0.173 e. The van der Waals surface area contributed by atoms with Crippen molar-refractivity contribution in [3.8, 4) is 11.1 Å². The van der Waals surface area contributed by atoms with Gasteiger partial charge in [-0.05, 0) is 43.9 Å². The van der Waals surface area contributed by atoms with E-state index in [1.807, 2.05) is 0 Å². The lowest BCUT2D eigenvalue weighted by Gasteiger charge is -2.43. The van der Waals surface area contributed by atoms with E-state index < -0.39 is 0 Å². The van der Waals surface area contributed by atoms with E-state index in [1.165, 1.54) is 51.2 Å². The first-order valence-corrected chi connectivity index (χ1v) is 11.7. The van der Waals surface area contributed by atoms with E-state index >= 15 is 0 Å². The van der Waals surface area contributed by atoms with Crippen molar-refractivity contribution in [2.45, 2.75) is 73.4 Å². The highest BCUT2D eigenvalue weighted by atomic mass is 14.4. The average Bonchev–Trinajstić information content (AvgIpc) is 2.94. The van der Waals surface area contributed by atoms with Crippen molar-refractivity contribution in [1.29, 1.82) is 0 Å². The van der Waals surface area contributed by atoms with Crippen LogP contribution in [0.4, 0.5) is 0 Å². The molecule has 1 heteroatoms. The summed E-state index contributed by atoms with van der Waals surface area (Å²) in [5, 5.41) is 2.74. The predicted molar refractivity (Wildman–Crippen MR) is 135 cm³/mol. The van der Waals surface area contributed by atoms with Gasteiger partial charge in [-0.2, -0.15) is 0 Å². The Hall–Kier alpha value is -2.02. The van der Waals surface area contributed by atoms with Gasteiger partial charge in [0.05, 0.1) is 0 Å². The second kappa shape index (κ2) is 7.01. The molecule has 0 saturated carbocycles. The van der Waals surface area contributed by atoms with E-state index in [1.54, 1.807) is 0 Å². The highest BCUT2D eigenvalue weighted by Gasteiger charge is 2.39. The van der Waals surface area contributed by atoms with Crippen molar-refractivity contribution in [3.63, 3.8) is 0 Å². The minimum Gasteiger partial charge on any atom is -0.0817 e. The van der Waals surface area contributed by atoms with Crippen molar-refractivity contribution in [2.75, 3.05) is 0 Å². The molecule has 1 aliphatic rings. The van der Waals surface area contributed by atoms with Crippen molar-refractivity contribution in [1.82, 2.24) is 0 Å². The Morgan fingerprint density at radius 3 is 2.20 bits per heavy atom. The molecule has 0 heterocycles. The summed E-state index contributed by atoms with van der Waals surface area (Å²) in [4.78, 5) is 0. The van der Waals surface area contributed by atoms with Crippen LogP contribution in [0.1, 0.15) is 66.0 Å². The number of fused-ring (bicyclic) bond motifs is 5. The summed E-state index contributed by atoms with van der Waals surface area (Å²) in [7, 11) is 0. The number of hydrogen-bond acceptors (Lipinski definition) is 0. The van der Waals surface area contributed by atoms with Crippen LogP contribution in [-0.2, 0) is 5.41 Å². The minimum absolute atomic E-state index is 0.0272. The van der Waals surface area contributed by atoms with Crippen molar-refractivity contribution >= 4 is 22.9 Å². The standard InChI is InChI=1S/C29H37B/c1-9-27(2,3)28(4,5)19-30(8)21-15-17-23-24-16-14-20-12-10-11-13-22(20)26(24)29(6,7)25(23)18-21/h10-18H,9,19H2,1-8H3. The lowest BCUT2D eigenvalue weighted by molar-refractivity contribution is 0.126. The highest BCUT2D eigenvalue weighted by molar-refractivity contribution is 6.72. The number of benzene rings is 3. The van der Waals surface area contributed by atoms with Gasteiger partial charge >= 0.3 is 0 Å². The van der Waals surface area contributed by atoms with Gasteiger partial charge in [-0.15, -0.1) is 0 Å². The van der Waals surface area contributed by atoms with Crippen LogP contribution in [0, 0.1) is 10.8 Å². The Labute approximate surface area is 184 Å². The van der Waals surface area contributed by atoms with E-state index in [0.717, 1.165) is 0 Å². The molecule has 0 amide bonds. The van der Waals surface area contributed by atoms with Crippen molar-refractivity contribution in [2.24, 2.45) is 10.8 Å². The Kier molecular flexibility index (Phi) is 4.96. The maximum absolute atomic E-state index is 2.52. The summed E-state index contributed by atoms with van der Waals surface area (Å²) in [6.07, 6.45) is 2.43. The van der Waals surface area contributed by atoms with Gasteiger partial charge in [-0.25, -0.2) is 0 Å². The third kappa shape index (κ3) is 3.13. The van der Waals surface area contributed by atoms with Crippen LogP contribution in [-0.4, -0.2) is 6.71 Å². The third-order valence-electron chi connectivity index (χ3n) is 8.66. The van der Waals surface area contributed by atoms with Gasteiger partial charge in [-0.1, -0.05) is 128 Å². The van der Waals surface area contributed by atoms with Gasteiger partial charge in [0.1, 0.15) is 0 Å². The molecule has 0 N–H and O–H groups in total. The molecule has 3 aromatic carbocycles. The van der Waals surface area contributed by atoms with Crippen molar-refractivity contribution in [3.05, 3.63) is 65.7 Å².